The first kappa shape index (κ1) is 22.6. The summed E-state index contributed by atoms with van der Waals surface area (Å²) in [6.45, 7) is 2.00. The Balaban J connectivity index is 1.54. The van der Waals surface area contributed by atoms with Crippen LogP contribution in [0.25, 0.3) is 10.6 Å². The Morgan fingerprint density at radius 1 is 1.19 bits per heavy atom. The van der Waals surface area contributed by atoms with Crippen LogP contribution in [-0.2, 0) is 22.1 Å². The van der Waals surface area contributed by atoms with Gasteiger partial charge in [0, 0.05) is 24.0 Å². The fourth-order valence-corrected chi connectivity index (χ4v) is 4.54. The van der Waals surface area contributed by atoms with E-state index < -0.39 is 17.6 Å². The van der Waals surface area contributed by atoms with Gasteiger partial charge in [0.1, 0.15) is 5.01 Å². The van der Waals surface area contributed by atoms with Crippen molar-refractivity contribution < 1.29 is 22.7 Å². The Morgan fingerprint density at radius 3 is 2.66 bits per heavy atom. The Hall–Kier alpha value is -2.62. The molecular formula is C22H19ClF3N3O2S. The van der Waals surface area contributed by atoms with E-state index in [1.807, 2.05) is 23.1 Å². The fraction of sp³-hybridized carbons (Fsp3) is 0.273. The largest absolute Gasteiger partial charge is 0.416 e. The molecule has 0 saturated carbocycles. The number of halogens is 4. The number of carbonyl (C=O) groups excluding carboxylic acids is 1. The molecule has 32 heavy (non-hydrogen) atoms. The Labute approximate surface area is 191 Å². The lowest BCUT2D eigenvalue weighted by Crippen LogP contribution is -2.37. The number of ether oxygens (including phenoxy) is 1. The molecule has 168 valence electrons. The van der Waals surface area contributed by atoms with Crippen molar-refractivity contribution in [2.45, 2.75) is 12.6 Å². The van der Waals surface area contributed by atoms with E-state index in [9.17, 15) is 18.0 Å². The summed E-state index contributed by atoms with van der Waals surface area (Å²) in [5.74, 6) is -0.449. The van der Waals surface area contributed by atoms with Crippen molar-refractivity contribution in [1.82, 2.24) is 4.98 Å². The molecule has 1 N–H and O–H groups in total. The van der Waals surface area contributed by atoms with E-state index in [0.29, 0.717) is 47.7 Å². The second kappa shape index (κ2) is 9.48. The Kier molecular flexibility index (Phi) is 6.68. The van der Waals surface area contributed by atoms with Gasteiger partial charge in [-0.15, -0.1) is 11.3 Å². The van der Waals surface area contributed by atoms with Gasteiger partial charge < -0.3 is 15.0 Å². The molecule has 0 unspecified atom stereocenters. The van der Waals surface area contributed by atoms with Crippen LogP contribution in [0.3, 0.4) is 0 Å². The van der Waals surface area contributed by atoms with E-state index in [2.05, 4.69) is 10.3 Å². The van der Waals surface area contributed by atoms with Crippen LogP contribution in [0.1, 0.15) is 11.3 Å². The van der Waals surface area contributed by atoms with Gasteiger partial charge in [0.05, 0.1) is 47.3 Å². The summed E-state index contributed by atoms with van der Waals surface area (Å²) in [7, 11) is 0. The number of benzene rings is 2. The van der Waals surface area contributed by atoms with Crippen LogP contribution >= 0.6 is 22.9 Å². The summed E-state index contributed by atoms with van der Waals surface area (Å²) < 4.78 is 45.1. The van der Waals surface area contributed by atoms with Crippen LogP contribution in [0.15, 0.2) is 47.8 Å². The number of rotatable bonds is 5. The van der Waals surface area contributed by atoms with Gasteiger partial charge in [0.2, 0.25) is 5.91 Å². The van der Waals surface area contributed by atoms with Gasteiger partial charge in [0.25, 0.3) is 0 Å². The van der Waals surface area contributed by atoms with Crippen molar-refractivity contribution in [3.8, 4) is 10.6 Å². The number of amides is 1. The third-order valence-corrected chi connectivity index (χ3v) is 6.20. The number of nitrogens with one attached hydrogen (secondary N) is 1. The molecule has 1 aromatic heterocycles. The second-order valence-corrected chi connectivity index (χ2v) is 8.44. The van der Waals surface area contributed by atoms with Crippen molar-refractivity contribution in [2.24, 2.45) is 0 Å². The highest BCUT2D eigenvalue weighted by Crippen LogP contribution is 2.36. The highest BCUT2D eigenvalue weighted by molar-refractivity contribution is 7.13. The summed E-state index contributed by atoms with van der Waals surface area (Å²) >= 11 is 7.56. The summed E-state index contributed by atoms with van der Waals surface area (Å²) in [5, 5.41) is 5.62. The molecule has 1 amide bonds. The SMILES string of the molecule is O=C(Cc1csc(-c2ccccc2Cl)n1)Nc1cc(C(F)(F)F)ccc1N1CCOCC1. The number of hydrogen-bond acceptors (Lipinski definition) is 5. The Bertz CT molecular complexity index is 1110. The molecule has 1 aliphatic rings. The van der Waals surface area contributed by atoms with Gasteiger partial charge in [-0.25, -0.2) is 4.98 Å². The molecular weight excluding hydrogens is 463 g/mol. The van der Waals surface area contributed by atoms with Crippen molar-refractivity contribution in [3.63, 3.8) is 0 Å². The summed E-state index contributed by atoms with van der Waals surface area (Å²) in [5.41, 5.74) is 1.11. The lowest BCUT2D eigenvalue weighted by atomic mass is 10.1. The molecule has 5 nitrogen and oxygen atoms in total. The van der Waals surface area contributed by atoms with Crippen LogP contribution in [0, 0.1) is 0 Å². The van der Waals surface area contributed by atoms with Crippen LogP contribution in [-0.4, -0.2) is 37.2 Å². The highest BCUT2D eigenvalue weighted by Gasteiger charge is 2.32. The number of thiazole rings is 1. The minimum absolute atomic E-state index is 0.0697. The lowest BCUT2D eigenvalue weighted by molar-refractivity contribution is -0.137. The number of anilines is 2. The quantitative estimate of drug-likeness (QED) is 0.523. The third kappa shape index (κ3) is 5.23. The molecule has 0 aliphatic carbocycles. The summed E-state index contributed by atoms with van der Waals surface area (Å²) in [4.78, 5) is 19.1. The number of morpholine rings is 1. The third-order valence-electron chi connectivity index (χ3n) is 4.95. The minimum atomic E-state index is -4.51. The zero-order chi connectivity index (χ0) is 22.7. The monoisotopic (exact) mass is 481 g/mol. The molecule has 10 heteroatoms. The predicted octanol–water partition coefficient (Wildman–Crippen LogP) is 5.50. The maximum atomic E-state index is 13.3. The van der Waals surface area contributed by atoms with Crippen LogP contribution in [0.5, 0.6) is 0 Å². The Morgan fingerprint density at radius 2 is 1.94 bits per heavy atom. The van der Waals surface area contributed by atoms with Crippen molar-refractivity contribution >= 4 is 40.2 Å². The first-order chi connectivity index (χ1) is 15.3. The average molecular weight is 482 g/mol. The molecule has 1 aliphatic heterocycles. The van der Waals surface area contributed by atoms with E-state index in [1.54, 1.807) is 11.4 Å². The maximum Gasteiger partial charge on any atom is 0.416 e. The number of alkyl halides is 3. The normalized spacial score (nSPS) is 14.4. The van der Waals surface area contributed by atoms with E-state index >= 15 is 0 Å². The highest BCUT2D eigenvalue weighted by atomic mass is 35.5. The van der Waals surface area contributed by atoms with E-state index in [4.69, 9.17) is 16.3 Å². The zero-order valence-electron chi connectivity index (χ0n) is 16.8. The fourth-order valence-electron chi connectivity index (χ4n) is 3.40. The summed E-state index contributed by atoms with van der Waals surface area (Å²) in [6, 6.07) is 10.6. The second-order valence-electron chi connectivity index (χ2n) is 7.18. The van der Waals surface area contributed by atoms with Crippen LogP contribution < -0.4 is 10.2 Å². The molecule has 1 saturated heterocycles. The first-order valence-electron chi connectivity index (χ1n) is 9.84. The molecule has 0 radical (unpaired) electrons. The number of aromatic nitrogens is 1. The van der Waals surface area contributed by atoms with Gasteiger partial charge in [-0.1, -0.05) is 29.8 Å². The summed E-state index contributed by atoms with van der Waals surface area (Å²) in [6.07, 6.45) is -4.58. The van der Waals surface area contributed by atoms with Crippen molar-refractivity contribution in [2.75, 3.05) is 36.5 Å². The van der Waals surface area contributed by atoms with Gasteiger partial charge in [-0.2, -0.15) is 13.2 Å². The zero-order valence-corrected chi connectivity index (χ0v) is 18.4. The lowest BCUT2D eigenvalue weighted by Gasteiger charge is -2.31. The minimum Gasteiger partial charge on any atom is -0.378 e. The van der Waals surface area contributed by atoms with E-state index in [0.717, 1.165) is 17.7 Å². The molecule has 0 bridgehead atoms. The number of carbonyl (C=O) groups is 1. The maximum absolute atomic E-state index is 13.3. The first-order valence-corrected chi connectivity index (χ1v) is 11.1. The van der Waals surface area contributed by atoms with E-state index in [1.165, 1.54) is 17.4 Å². The number of hydrogen-bond donors (Lipinski definition) is 1. The predicted molar refractivity (Wildman–Crippen MR) is 119 cm³/mol. The smallest absolute Gasteiger partial charge is 0.378 e. The van der Waals surface area contributed by atoms with Crippen LogP contribution in [0.4, 0.5) is 24.5 Å². The molecule has 1 fully saturated rings. The van der Waals surface area contributed by atoms with Crippen LogP contribution in [0.2, 0.25) is 5.02 Å². The molecule has 4 rings (SSSR count). The molecule has 0 atom stereocenters. The van der Waals surface area contributed by atoms with Crippen molar-refractivity contribution in [1.29, 1.82) is 0 Å². The standard InChI is InChI=1S/C22H19ClF3N3O2S/c23-17-4-2-1-3-16(17)21-27-15(13-32-21)12-20(30)28-18-11-14(22(24,25)26)5-6-19(18)29-7-9-31-10-8-29/h1-6,11,13H,7-10,12H2,(H,28,30). The number of nitrogens with zero attached hydrogens (tertiary/aromatic N) is 2. The topological polar surface area (TPSA) is 54.5 Å². The van der Waals surface area contributed by atoms with Gasteiger partial charge >= 0.3 is 6.18 Å². The molecule has 3 aromatic rings. The molecule has 2 heterocycles. The van der Waals surface area contributed by atoms with Gasteiger partial charge in [-0.3, -0.25) is 4.79 Å². The van der Waals surface area contributed by atoms with Crippen molar-refractivity contribution in [3.05, 3.63) is 64.1 Å². The molecule has 2 aromatic carbocycles. The molecule has 0 spiro atoms. The van der Waals surface area contributed by atoms with Gasteiger partial charge in [-0.05, 0) is 24.3 Å². The van der Waals surface area contributed by atoms with E-state index in [-0.39, 0.29) is 12.1 Å². The average Bonchev–Trinajstić information content (AvgIpc) is 3.22. The van der Waals surface area contributed by atoms with Gasteiger partial charge in [0.15, 0.2) is 0 Å².